The minimum atomic E-state index is -0.464. The lowest BCUT2D eigenvalue weighted by atomic mass is 10.3. The summed E-state index contributed by atoms with van der Waals surface area (Å²) >= 11 is 21.1. The van der Waals surface area contributed by atoms with Crippen LogP contribution in [0.3, 0.4) is 0 Å². The van der Waals surface area contributed by atoms with Crippen LogP contribution in [0.4, 0.5) is 16.2 Å². The second-order valence-corrected chi connectivity index (χ2v) is 5.99. The van der Waals surface area contributed by atoms with Gasteiger partial charge < -0.3 is 10.6 Å². The molecule has 0 saturated heterocycles. The average molecular weight is 394 g/mol. The van der Waals surface area contributed by atoms with Crippen molar-refractivity contribution in [3.05, 3.63) is 55.9 Å². The summed E-state index contributed by atoms with van der Waals surface area (Å²) in [6.45, 7) is 0. The van der Waals surface area contributed by atoms with Gasteiger partial charge in [-0.2, -0.15) is 0 Å². The Bertz CT molecular complexity index is 609. The summed E-state index contributed by atoms with van der Waals surface area (Å²) in [6, 6.07) is 9.48. The van der Waals surface area contributed by atoms with Crippen molar-refractivity contribution in [1.82, 2.24) is 0 Å². The van der Waals surface area contributed by atoms with Crippen LogP contribution in [0.15, 0.2) is 40.9 Å². The summed E-state index contributed by atoms with van der Waals surface area (Å²) < 4.78 is 0.804. The predicted molar refractivity (Wildman–Crippen MR) is 88.3 cm³/mol. The maximum Gasteiger partial charge on any atom is 0.323 e. The van der Waals surface area contributed by atoms with Crippen molar-refractivity contribution in [2.45, 2.75) is 0 Å². The van der Waals surface area contributed by atoms with Crippen LogP contribution < -0.4 is 10.6 Å². The van der Waals surface area contributed by atoms with Crippen LogP contribution in [-0.2, 0) is 0 Å². The predicted octanol–water partition coefficient (Wildman–Crippen LogP) is 6.05. The topological polar surface area (TPSA) is 41.1 Å². The van der Waals surface area contributed by atoms with Crippen molar-refractivity contribution in [3.8, 4) is 0 Å². The SMILES string of the molecule is O=C(Nc1cc(Cl)ccc1Cl)Nc1cc(Br)ccc1Cl. The highest BCUT2D eigenvalue weighted by Crippen LogP contribution is 2.27. The van der Waals surface area contributed by atoms with Gasteiger partial charge in [0.1, 0.15) is 0 Å². The Balaban J connectivity index is 2.13. The molecule has 20 heavy (non-hydrogen) atoms. The Hall–Kier alpha value is -0.940. The van der Waals surface area contributed by atoms with E-state index in [1.807, 2.05) is 0 Å². The highest BCUT2D eigenvalue weighted by atomic mass is 79.9. The minimum Gasteiger partial charge on any atom is -0.306 e. The molecule has 0 bridgehead atoms. The third-order valence-corrected chi connectivity index (χ3v) is 3.74. The number of urea groups is 1. The monoisotopic (exact) mass is 392 g/mol. The lowest BCUT2D eigenvalue weighted by molar-refractivity contribution is 0.262. The summed E-state index contributed by atoms with van der Waals surface area (Å²) in [5, 5.41) is 6.54. The molecule has 0 spiro atoms. The number of hydrogen-bond donors (Lipinski definition) is 2. The van der Waals surface area contributed by atoms with Crippen LogP contribution >= 0.6 is 50.7 Å². The molecule has 7 heteroatoms. The molecule has 2 N–H and O–H groups in total. The van der Waals surface area contributed by atoms with Crippen LogP contribution in [0.5, 0.6) is 0 Å². The van der Waals surface area contributed by atoms with E-state index in [1.54, 1.807) is 36.4 Å². The van der Waals surface area contributed by atoms with Crippen LogP contribution in [0.2, 0.25) is 15.1 Å². The average Bonchev–Trinajstić information content (AvgIpc) is 2.38. The van der Waals surface area contributed by atoms with Crippen LogP contribution in [0.1, 0.15) is 0 Å². The molecule has 2 amide bonds. The summed E-state index contributed by atoms with van der Waals surface area (Å²) in [5.41, 5.74) is 0.902. The van der Waals surface area contributed by atoms with Gasteiger partial charge in [-0.25, -0.2) is 4.79 Å². The van der Waals surface area contributed by atoms with E-state index in [-0.39, 0.29) is 0 Å². The maximum atomic E-state index is 11.9. The smallest absolute Gasteiger partial charge is 0.306 e. The summed E-state index contributed by atoms with van der Waals surface area (Å²) in [7, 11) is 0. The first kappa shape index (κ1) is 15.4. The van der Waals surface area contributed by atoms with E-state index in [0.29, 0.717) is 26.4 Å². The van der Waals surface area contributed by atoms with Gasteiger partial charge in [0, 0.05) is 9.50 Å². The molecule has 0 unspecified atom stereocenters. The molecule has 0 aliphatic heterocycles. The summed E-state index contributed by atoms with van der Waals surface area (Å²) in [6.07, 6.45) is 0. The number of anilines is 2. The molecule has 0 aliphatic rings. The minimum absolute atomic E-state index is 0.393. The second kappa shape index (κ2) is 6.68. The molecule has 0 radical (unpaired) electrons. The highest BCUT2D eigenvalue weighted by Gasteiger charge is 2.09. The number of amides is 2. The lowest BCUT2D eigenvalue weighted by Gasteiger charge is -2.10. The Kier molecular flexibility index (Phi) is 5.16. The van der Waals surface area contributed by atoms with Crippen molar-refractivity contribution in [2.24, 2.45) is 0 Å². The molecule has 0 aliphatic carbocycles. The van der Waals surface area contributed by atoms with Gasteiger partial charge in [0.2, 0.25) is 0 Å². The molecule has 0 heterocycles. The number of carbonyl (C=O) groups excluding carboxylic acids is 1. The van der Waals surface area contributed by atoms with Crippen molar-refractivity contribution < 1.29 is 4.79 Å². The van der Waals surface area contributed by atoms with Gasteiger partial charge >= 0.3 is 6.03 Å². The Morgan fingerprint density at radius 3 is 2.10 bits per heavy atom. The number of halogens is 4. The maximum absolute atomic E-state index is 11.9. The zero-order valence-corrected chi connectivity index (χ0v) is 13.7. The van der Waals surface area contributed by atoms with E-state index < -0.39 is 6.03 Å². The van der Waals surface area contributed by atoms with Crippen LogP contribution in [-0.4, -0.2) is 6.03 Å². The van der Waals surface area contributed by atoms with Gasteiger partial charge in [0.25, 0.3) is 0 Å². The zero-order valence-electron chi connectivity index (χ0n) is 9.88. The van der Waals surface area contributed by atoms with Gasteiger partial charge in [-0.1, -0.05) is 50.7 Å². The molecule has 2 rings (SSSR count). The highest BCUT2D eigenvalue weighted by molar-refractivity contribution is 9.10. The van der Waals surface area contributed by atoms with E-state index in [4.69, 9.17) is 34.8 Å². The molecular weight excluding hydrogens is 386 g/mol. The molecule has 2 aromatic rings. The summed E-state index contributed by atoms with van der Waals surface area (Å²) in [4.78, 5) is 11.9. The fraction of sp³-hybridized carbons (Fsp3) is 0. The lowest BCUT2D eigenvalue weighted by Crippen LogP contribution is -2.19. The molecule has 0 fully saturated rings. The summed E-state index contributed by atoms with van der Waals surface area (Å²) in [5.74, 6) is 0. The number of carbonyl (C=O) groups is 1. The molecule has 104 valence electrons. The van der Waals surface area contributed by atoms with E-state index >= 15 is 0 Å². The number of hydrogen-bond acceptors (Lipinski definition) is 1. The van der Waals surface area contributed by atoms with Crippen LogP contribution in [0.25, 0.3) is 0 Å². The van der Waals surface area contributed by atoms with Crippen molar-refractivity contribution in [2.75, 3.05) is 10.6 Å². The number of nitrogens with one attached hydrogen (secondary N) is 2. The van der Waals surface area contributed by atoms with Gasteiger partial charge in [-0.05, 0) is 36.4 Å². The third kappa shape index (κ3) is 4.03. The molecule has 3 nitrogen and oxygen atoms in total. The quantitative estimate of drug-likeness (QED) is 0.639. The first-order chi connectivity index (χ1) is 9.45. The first-order valence-corrected chi connectivity index (χ1v) is 7.36. The second-order valence-electron chi connectivity index (χ2n) is 3.83. The number of benzene rings is 2. The van der Waals surface area contributed by atoms with E-state index in [2.05, 4.69) is 26.6 Å². The molecule has 0 saturated carbocycles. The molecule has 0 aromatic heterocycles. The van der Waals surface area contributed by atoms with Crippen LogP contribution in [0, 0.1) is 0 Å². The Morgan fingerprint density at radius 1 is 0.900 bits per heavy atom. The van der Waals surface area contributed by atoms with Gasteiger partial charge in [-0.3, -0.25) is 0 Å². The van der Waals surface area contributed by atoms with Gasteiger partial charge in [0.15, 0.2) is 0 Å². The van der Waals surface area contributed by atoms with E-state index in [0.717, 1.165) is 4.47 Å². The molecule has 0 atom stereocenters. The van der Waals surface area contributed by atoms with Gasteiger partial charge in [-0.15, -0.1) is 0 Å². The molecule has 2 aromatic carbocycles. The Morgan fingerprint density at radius 2 is 1.45 bits per heavy atom. The van der Waals surface area contributed by atoms with Crippen molar-refractivity contribution in [1.29, 1.82) is 0 Å². The normalized spacial score (nSPS) is 10.2. The fourth-order valence-electron chi connectivity index (χ4n) is 1.46. The van der Waals surface area contributed by atoms with Gasteiger partial charge in [0.05, 0.1) is 21.4 Å². The van der Waals surface area contributed by atoms with E-state index in [9.17, 15) is 4.79 Å². The van der Waals surface area contributed by atoms with Crippen molar-refractivity contribution in [3.63, 3.8) is 0 Å². The Labute approximate surface area is 139 Å². The first-order valence-electron chi connectivity index (χ1n) is 5.44. The standard InChI is InChI=1S/C13H8BrCl3N2O/c14-7-1-3-9(16)11(5-7)18-13(20)19-12-6-8(15)2-4-10(12)17/h1-6H,(H2,18,19,20). The molecular formula is C13H8BrCl3N2O. The number of rotatable bonds is 2. The zero-order chi connectivity index (χ0) is 14.7. The fourth-order valence-corrected chi connectivity index (χ4v) is 2.33. The third-order valence-electron chi connectivity index (χ3n) is 2.35. The van der Waals surface area contributed by atoms with E-state index in [1.165, 1.54) is 0 Å². The van der Waals surface area contributed by atoms with Crippen molar-refractivity contribution >= 4 is 68.1 Å². The largest absolute Gasteiger partial charge is 0.323 e.